The predicted molar refractivity (Wildman–Crippen MR) is 100 cm³/mol. The molecule has 4 heterocycles. The molecule has 6 rings (SSSR count). The second-order valence-corrected chi connectivity index (χ2v) is 7.54. The quantitative estimate of drug-likeness (QED) is 0.505. The highest BCUT2D eigenvalue weighted by Gasteiger charge is 2.43. The van der Waals surface area contributed by atoms with Gasteiger partial charge in [-0.3, -0.25) is 9.47 Å². The predicted octanol–water partition coefficient (Wildman–Crippen LogP) is 2.38. The largest absolute Gasteiger partial charge is 0.380 e. The van der Waals surface area contributed by atoms with Crippen LogP contribution in [0.4, 0.5) is 10.1 Å². The molecule has 10 nitrogen and oxygen atoms in total. The van der Waals surface area contributed by atoms with Crippen LogP contribution in [0.1, 0.15) is 31.6 Å². The smallest absolute Gasteiger partial charge is 0.267 e. The van der Waals surface area contributed by atoms with Gasteiger partial charge in [0.1, 0.15) is 11.4 Å². The van der Waals surface area contributed by atoms with Crippen LogP contribution in [0.25, 0.3) is 28.9 Å². The van der Waals surface area contributed by atoms with Crippen molar-refractivity contribution in [3.05, 3.63) is 36.4 Å². The summed E-state index contributed by atoms with van der Waals surface area (Å²) in [7, 11) is 0. The SMILES string of the molecule is N#CN1C=C2N(c3ccccc3-c3nnc(-c4noc(C5(O)CCCC5)n4)n32)C1F. The summed E-state index contributed by atoms with van der Waals surface area (Å²) < 4.78 is 22.0. The third-order valence-electron chi connectivity index (χ3n) is 5.81. The lowest BCUT2D eigenvalue weighted by Gasteiger charge is -2.31. The molecule has 1 unspecified atom stereocenters. The molecule has 2 aliphatic heterocycles. The number of halogens is 1. The topological polar surface area (TPSA) is 120 Å². The number of aliphatic hydroxyl groups is 1. The average molecular weight is 406 g/mol. The fourth-order valence-corrected chi connectivity index (χ4v) is 4.33. The maximum absolute atomic E-state index is 15.0. The van der Waals surface area contributed by atoms with E-state index in [1.807, 2.05) is 12.3 Å². The fraction of sp³-hybridized carbons (Fsp3) is 0.316. The summed E-state index contributed by atoms with van der Waals surface area (Å²) in [5.74, 6) is 1.35. The van der Waals surface area contributed by atoms with Crippen molar-refractivity contribution < 1.29 is 14.0 Å². The van der Waals surface area contributed by atoms with Gasteiger partial charge >= 0.3 is 0 Å². The van der Waals surface area contributed by atoms with Crippen molar-refractivity contribution in [2.75, 3.05) is 4.90 Å². The van der Waals surface area contributed by atoms with Crippen molar-refractivity contribution in [2.24, 2.45) is 0 Å². The minimum atomic E-state index is -1.70. The minimum Gasteiger partial charge on any atom is -0.380 e. The number of alkyl halides is 1. The Balaban J connectivity index is 1.53. The summed E-state index contributed by atoms with van der Waals surface area (Å²) in [5.41, 5.74) is 0.103. The van der Waals surface area contributed by atoms with Crippen molar-refractivity contribution in [3.8, 4) is 29.2 Å². The van der Waals surface area contributed by atoms with E-state index in [2.05, 4.69) is 20.3 Å². The fourth-order valence-electron chi connectivity index (χ4n) is 4.33. The van der Waals surface area contributed by atoms with E-state index in [0.717, 1.165) is 17.7 Å². The van der Waals surface area contributed by atoms with E-state index in [1.165, 1.54) is 11.1 Å². The summed E-state index contributed by atoms with van der Waals surface area (Å²) in [6, 6.07) is 7.18. The molecule has 11 heteroatoms. The van der Waals surface area contributed by atoms with Crippen LogP contribution in [0.5, 0.6) is 0 Å². The molecule has 3 aromatic rings. The molecule has 1 fully saturated rings. The Morgan fingerprint density at radius 1 is 1.20 bits per heavy atom. The number of fused-ring (bicyclic) bond motifs is 6. The van der Waals surface area contributed by atoms with Crippen molar-refractivity contribution in [1.82, 2.24) is 29.8 Å². The van der Waals surface area contributed by atoms with Gasteiger partial charge in [0, 0.05) is 5.56 Å². The minimum absolute atomic E-state index is 0.134. The summed E-state index contributed by atoms with van der Waals surface area (Å²) in [6.45, 7) is 0. The Hall–Kier alpha value is -3.78. The maximum atomic E-state index is 15.0. The molecular weight excluding hydrogens is 391 g/mol. The molecule has 0 radical (unpaired) electrons. The van der Waals surface area contributed by atoms with Gasteiger partial charge in [0.05, 0.1) is 11.9 Å². The number of aromatic nitrogens is 5. The summed E-state index contributed by atoms with van der Waals surface area (Å²) in [5, 5.41) is 32.6. The van der Waals surface area contributed by atoms with Gasteiger partial charge in [-0.05, 0) is 37.8 Å². The Morgan fingerprint density at radius 3 is 2.77 bits per heavy atom. The number of rotatable bonds is 2. The number of hydrogen-bond donors (Lipinski definition) is 1. The number of hydrogen-bond acceptors (Lipinski definition) is 9. The second kappa shape index (κ2) is 5.87. The number of anilines is 1. The standard InChI is InChI=1S/C19H15FN8O2/c20-18-26(10-21)9-13-27(18)12-6-2-1-5-11(12)15-23-24-16(28(13)15)14-22-17(30-25-14)19(29)7-3-4-8-19/h1-2,5-6,9,18,29H,3-4,7-8H2. The Labute approximate surface area is 169 Å². The van der Waals surface area contributed by atoms with Gasteiger partial charge in [0.2, 0.25) is 11.6 Å². The molecule has 2 aromatic heterocycles. The molecule has 30 heavy (non-hydrogen) atoms. The van der Waals surface area contributed by atoms with Crippen LogP contribution >= 0.6 is 0 Å². The zero-order chi connectivity index (χ0) is 20.5. The normalized spacial score (nSPS) is 21.1. The summed E-state index contributed by atoms with van der Waals surface area (Å²) >= 11 is 0. The first-order valence-corrected chi connectivity index (χ1v) is 9.56. The number of nitriles is 1. The van der Waals surface area contributed by atoms with Crippen LogP contribution in [-0.4, -0.2) is 41.3 Å². The van der Waals surface area contributed by atoms with Crippen LogP contribution in [0.15, 0.2) is 35.0 Å². The van der Waals surface area contributed by atoms with Gasteiger partial charge in [0.15, 0.2) is 12.0 Å². The summed E-state index contributed by atoms with van der Waals surface area (Å²) in [6.07, 6.45) is 4.40. The second-order valence-electron chi connectivity index (χ2n) is 7.54. The number of nitrogens with zero attached hydrogens (tertiary/aromatic N) is 8. The number of benzene rings is 1. The third-order valence-corrected chi connectivity index (χ3v) is 5.81. The Bertz CT molecular complexity index is 1240. The molecule has 0 bridgehead atoms. The van der Waals surface area contributed by atoms with E-state index >= 15 is 4.39 Å². The maximum Gasteiger partial charge on any atom is 0.267 e. The van der Waals surface area contributed by atoms with E-state index in [-0.39, 0.29) is 17.5 Å². The zero-order valence-corrected chi connectivity index (χ0v) is 15.6. The van der Waals surface area contributed by atoms with Crippen LogP contribution in [-0.2, 0) is 5.60 Å². The third kappa shape index (κ3) is 2.13. The van der Waals surface area contributed by atoms with Crippen molar-refractivity contribution in [2.45, 2.75) is 37.7 Å². The first-order chi connectivity index (χ1) is 14.6. The zero-order valence-electron chi connectivity index (χ0n) is 15.6. The van der Waals surface area contributed by atoms with Crippen molar-refractivity contribution in [3.63, 3.8) is 0 Å². The van der Waals surface area contributed by atoms with Crippen molar-refractivity contribution >= 4 is 11.5 Å². The van der Waals surface area contributed by atoms with Crippen LogP contribution in [0, 0.1) is 11.5 Å². The Kier molecular flexibility index (Phi) is 3.35. The molecule has 1 saturated carbocycles. The Morgan fingerprint density at radius 2 is 1.97 bits per heavy atom. The molecule has 1 N–H and O–H groups in total. The van der Waals surface area contributed by atoms with E-state index in [4.69, 9.17) is 4.52 Å². The van der Waals surface area contributed by atoms with Gasteiger partial charge in [-0.1, -0.05) is 17.3 Å². The molecule has 0 saturated heterocycles. The van der Waals surface area contributed by atoms with Crippen LogP contribution < -0.4 is 4.90 Å². The van der Waals surface area contributed by atoms with E-state index < -0.39 is 12.0 Å². The van der Waals surface area contributed by atoms with E-state index in [0.29, 0.717) is 35.7 Å². The molecule has 1 aromatic carbocycles. The summed E-state index contributed by atoms with van der Waals surface area (Å²) in [4.78, 5) is 6.68. The van der Waals surface area contributed by atoms with Gasteiger partial charge < -0.3 is 9.63 Å². The van der Waals surface area contributed by atoms with Gasteiger partial charge in [-0.2, -0.15) is 14.6 Å². The van der Waals surface area contributed by atoms with Crippen LogP contribution in [0.2, 0.25) is 0 Å². The molecule has 3 aliphatic rings. The highest BCUT2D eigenvalue weighted by atomic mass is 19.1. The van der Waals surface area contributed by atoms with Crippen molar-refractivity contribution in [1.29, 1.82) is 5.26 Å². The lowest BCUT2D eigenvalue weighted by atomic mass is 10.0. The molecule has 1 atom stereocenters. The monoisotopic (exact) mass is 406 g/mol. The van der Waals surface area contributed by atoms with Gasteiger partial charge in [0.25, 0.3) is 12.3 Å². The lowest BCUT2D eigenvalue weighted by Crippen LogP contribution is -2.36. The highest BCUT2D eigenvalue weighted by Crippen LogP contribution is 2.46. The molecule has 0 spiro atoms. The first kappa shape index (κ1) is 17.1. The molecule has 1 aliphatic carbocycles. The number of para-hydroxylation sites is 1. The van der Waals surface area contributed by atoms with Gasteiger partial charge in [-0.15, -0.1) is 10.2 Å². The average Bonchev–Trinajstić information content (AvgIpc) is 3.53. The van der Waals surface area contributed by atoms with Gasteiger partial charge in [-0.25, -0.2) is 4.90 Å². The lowest BCUT2D eigenvalue weighted by molar-refractivity contribution is 0.0112. The molecule has 150 valence electrons. The highest BCUT2D eigenvalue weighted by molar-refractivity contribution is 5.90. The first-order valence-electron chi connectivity index (χ1n) is 9.56. The van der Waals surface area contributed by atoms with E-state index in [1.54, 1.807) is 22.8 Å². The van der Waals surface area contributed by atoms with Crippen LogP contribution in [0.3, 0.4) is 0 Å². The molecular formula is C19H15FN8O2. The van der Waals surface area contributed by atoms with E-state index in [9.17, 15) is 10.4 Å². The molecule has 0 amide bonds.